The smallest absolute Gasteiger partial charge is 0.253 e. The molecule has 0 bridgehead atoms. The van der Waals surface area contributed by atoms with Crippen LogP contribution in [0.3, 0.4) is 0 Å². The average molecular weight is 470 g/mol. The molecular formula is C25H28ClN3O4. The number of carbonyl (C=O) groups excluding carboxylic acids is 4. The standard InChI is InChI=1S/C25H28ClN3O4/c1-4-25(14-13-20(30)28-24(25)33)16-9-11-17(12-10-16)27-23(32)21(15(2)3)29-22(31)18-7-5-6-8-19(18)26/h5-12,15,21H,4,13-14H2,1-3H3,(H,27,32)(H,29,31)(H,28,30,33). The summed E-state index contributed by atoms with van der Waals surface area (Å²) in [7, 11) is 0. The lowest BCUT2D eigenvalue weighted by molar-refractivity contribution is -0.138. The lowest BCUT2D eigenvalue weighted by Gasteiger charge is -2.35. The van der Waals surface area contributed by atoms with Gasteiger partial charge in [-0.3, -0.25) is 24.5 Å². The second-order valence-electron chi connectivity index (χ2n) is 8.55. The van der Waals surface area contributed by atoms with Gasteiger partial charge in [-0.2, -0.15) is 0 Å². The van der Waals surface area contributed by atoms with E-state index < -0.39 is 17.4 Å². The van der Waals surface area contributed by atoms with Crippen molar-refractivity contribution in [2.45, 2.75) is 51.5 Å². The third-order valence-electron chi connectivity index (χ3n) is 6.13. The van der Waals surface area contributed by atoms with Crippen LogP contribution in [-0.4, -0.2) is 29.7 Å². The Morgan fingerprint density at radius 1 is 1.09 bits per heavy atom. The second-order valence-corrected chi connectivity index (χ2v) is 8.96. The van der Waals surface area contributed by atoms with E-state index in [-0.39, 0.29) is 23.6 Å². The van der Waals surface area contributed by atoms with Gasteiger partial charge in [0.1, 0.15) is 6.04 Å². The maximum absolute atomic E-state index is 12.9. The van der Waals surface area contributed by atoms with Crippen molar-refractivity contribution in [1.29, 1.82) is 0 Å². The molecule has 0 saturated carbocycles. The van der Waals surface area contributed by atoms with E-state index >= 15 is 0 Å². The lowest BCUT2D eigenvalue weighted by Crippen LogP contribution is -2.51. The van der Waals surface area contributed by atoms with Crippen LogP contribution in [0.25, 0.3) is 0 Å². The Bertz CT molecular complexity index is 1070. The summed E-state index contributed by atoms with van der Waals surface area (Å²) in [6, 6.07) is 12.9. The van der Waals surface area contributed by atoms with Crippen molar-refractivity contribution < 1.29 is 19.2 Å². The minimum atomic E-state index is -0.773. The highest BCUT2D eigenvalue weighted by atomic mass is 35.5. The molecule has 3 rings (SSSR count). The highest BCUT2D eigenvalue weighted by Crippen LogP contribution is 2.36. The summed E-state index contributed by atoms with van der Waals surface area (Å²) in [6.45, 7) is 5.60. The lowest BCUT2D eigenvalue weighted by atomic mass is 9.72. The molecular weight excluding hydrogens is 442 g/mol. The average Bonchev–Trinajstić information content (AvgIpc) is 2.78. The van der Waals surface area contributed by atoms with Crippen molar-refractivity contribution >= 4 is 40.9 Å². The highest BCUT2D eigenvalue weighted by molar-refractivity contribution is 6.33. The van der Waals surface area contributed by atoms with Crippen LogP contribution in [0.5, 0.6) is 0 Å². The van der Waals surface area contributed by atoms with E-state index in [9.17, 15) is 19.2 Å². The van der Waals surface area contributed by atoms with E-state index in [1.165, 1.54) is 0 Å². The number of rotatable bonds is 7. The summed E-state index contributed by atoms with van der Waals surface area (Å²) < 4.78 is 0. The van der Waals surface area contributed by atoms with Gasteiger partial charge in [-0.25, -0.2) is 0 Å². The fourth-order valence-corrected chi connectivity index (χ4v) is 4.28. The molecule has 174 valence electrons. The van der Waals surface area contributed by atoms with Crippen LogP contribution < -0.4 is 16.0 Å². The molecule has 1 aliphatic rings. The quantitative estimate of drug-likeness (QED) is 0.536. The van der Waals surface area contributed by atoms with Crippen molar-refractivity contribution in [3.63, 3.8) is 0 Å². The van der Waals surface area contributed by atoms with E-state index in [1.807, 2.05) is 20.8 Å². The van der Waals surface area contributed by atoms with Gasteiger partial charge in [-0.05, 0) is 48.6 Å². The van der Waals surface area contributed by atoms with Crippen LogP contribution in [0.2, 0.25) is 5.02 Å². The van der Waals surface area contributed by atoms with Gasteiger partial charge in [0.05, 0.1) is 16.0 Å². The number of hydrogen-bond acceptors (Lipinski definition) is 4. The van der Waals surface area contributed by atoms with Crippen molar-refractivity contribution in [3.8, 4) is 0 Å². The number of nitrogens with one attached hydrogen (secondary N) is 3. The summed E-state index contributed by atoms with van der Waals surface area (Å²) in [5.74, 6) is -1.49. The molecule has 33 heavy (non-hydrogen) atoms. The molecule has 1 saturated heterocycles. The Morgan fingerprint density at radius 2 is 1.76 bits per heavy atom. The molecule has 2 aromatic rings. The summed E-state index contributed by atoms with van der Waals surface area (Å²) in [6.07, 6.45) is 1.30. The zero-order valence-electron chi connectivity index (χ0n) is 18.9. The molecule has 1 fully saturated rings. The van der Waals surface area contributed by atoms with Gasteiger partial charge < -0.3 is 10.6 Å². The maximum Gasteiger partial charge on any atom is 0.253 e. The monoisotopic (exact) mass is 469 g/mol. The third-order valence-corrected chi connectivity index (χ3v) is 6.46. The van der Waals surface area contributed by atoms with Crippen molar-refractivity contribution in [2.75, 3.05) is 5.32 Å². The van der Waals surface area contributed by atoms with Crippen LogP contribution in [0, 0.1) is 5.92 Å². The van der Waals surface area contributed by atoms with Crippen LogP contribution in [-0.2, 0) is 19.8 Å². The van der Waals surface area contributed by atoms with E-state index in [4.69, 9.17) is 11.6 Å². The largest absolute Gasteiger partial charge is 0.340 e. The van der Waals surface area contributed by atoms with Gasteiger partial charge in [-0.1, -0.05) is 56.6 Å². The van der Waals surface area contributed by atoms with E-state index in [1.54, 1.807) is 48.5 Å². The molecule has 4 amide bonds. The molecule has 1 heterocycles. The number of carbonyl (C=O) groups is 4. The number of benzene rings is 2. The minimum absolute atomic E-state index is 0.164. The van der Waals surface area contributed by atoms with Gasteiger partial charge in [0.15, 0.2) is 0 Å². The Morgan fingerprint density at radius 3 is 2.33 bits per heavy atom. The molecule has 3 N–H and O–H groups in total. The SMILES string of the molecule is CCC1(c2ccc(NC(=O)C(NC(=O)c3ccccc3Cl)C(C)C)cc2)CCC(=O)NC1=O. The minimum Gasteiger partial charge on any atom is -0.340 e. The van der Waals surface area contributed by atoms with Gasteiger partial charge in [-0.15, -0.1) is 0 Å². The molecule has 2 atom stereocenters. The first-order chi connectivity index (χ1) is 15.7. The summed E-state index contributed by atoms with van der Waals surface area (Å²) in [4.78, 5) is 49.7. The number of piperidine rings is 1. The molecule has 7 nitrogen and oxygen atoms in total. The maximum atomic E-state index is 12.9. The molecule has 0 aromatic heterocycles. The summed E-state index contributed by atoms with van der Waals surface area (Å²) in [5.41, 5.74) is 0.872. The van der Waals surface area contributed by atoms with Crippen LogP contribution >= 0.6 is 11.6 Å². The fourth-order valence-electron chi connectivity index (χ4n) is 4.06. The molecule has 8 heteroatoms. The molecule has 2 unspecified atom stereocenters. The van der Waals surface area contributed by atoms with Crippen LogP contribution in [0.4, 0.5) is 5.69 Å². The van der Waals surface area contributed by atoms with Gasteiger partial charge in [0.25, 0.3) is 5.91 Å². The Balaban J connectivity index is 1.73. The highest BCUT2D eigenvalue weighted by Gasteiger charge is 2.42. The summed E-state index contributed by atoms with van der Waals surface area (Å²) >= 11 is 6.10. The third kappa shape index (κ3) is 5.25. The first kappa shape index (κ1) is 24.5. The van der Waals surface area contributed by atoms with Crippen molar-refractivity contribution in [1.82, 2.24) is 10.6 Å². The molecule has 1 aliphatic heterocycles. The van der Waals surface area contributed by atoms with Crippen molar-refractivity contribution in [2.24, 2.45) is 5.92 Å². The topological polar surface area (TPSA) is 104 Å². The van der Waals surface area contributed by atoms with Crippen LogP contribution in [0.15, 0.2) is 48.5 Å². The molecule has 0 spiro atoms. The number of imide groups is 1. The first-order valence-electron chi connectivity index (χ1n) is 11.0. The number of amides is 4. The Kier molecular flexibility index (Phi) is 7.53. The fraction of sp³-hybridized carbons (Fsp3) is 0.360. The summed E-state index contributed by atoms with van der Waals surface area (Å²) in [5, 5.41) is 8.34. The zero-order valence-corrected chi connectivity index (χ0v) is 19.7. The Hall–Kier alpha value is -3.19. The zero-order chi connectivity index (χ0) is 24.2. The number of anilines is 1. The van der Waals surface area contributed by atoms with E-state index in [0.29, 0.717) is 35.5 Å². The normalized spacial score (nSPS) is 19.1. The Labute approximate surface area is 198 Å². The predicted octanol–water partition coefficient (Wildman–Crippen LogP) is 3.82. The van der Waals surface area contributed by atoms with Gasteiger partial charge in [0, 0.05) is 12.1 Å². The number of halogens is 1. The predicted molar refractivity (Wildman–Crippen MR) is 127 cm³/mol. The molecule has 0 aliphatic carbocycles. The van der Waals surface area contributed by atoms with Crippen LogP contribution in [0.1, 0.15) is 56.0 Å². The molecule has 2 aromatic carbocycles. The van der Waals surface area contributed by atoms with Crippen molar-refractivity contribution in [3.05, 3.63) is 64.7 Å². The second kappa shape index (κ2) is 10.2. The first-order valence-corrected chi connectivity index (χ1v) is 11.4. The number of hydrogen-bond donors (Lipinski definition) is 3. The molecule has 0 radical (unpaired) electrons. The van der Waals surface area contributed by atoms with E-state index in [0.717, 1.165) is 5.56 Å². The van der Waals surface area contributed by atoms with Gasteiger partial charge >= 0.3 is 0 Å². The van der Waals surface area contributed by atoms with E-state index in [2.05, 4.69) is 16.0 Å². The van der Waals surface area contributed by atoms with Gasteiger partial charge in [0.2, 0.25) is 17.7 Å².